The predicted molar refractivity (Wildman–Crippen MR) is 188 cm³/mol. The predicted octanol–water partition coefficient (Wildman–Crippen LogP) is 6.92. The molecular formula is C40H55N3O4. The van der Waals surface area contributed by atoms with Crippen LogP contribution in [-0.4, -0.2) is 42.2 Å². The van der Waals surface area contributed by atoms with Gasteiger partial charge in [-0.05, 0) is 112 Å². The molecule has 47 heavy (non-hydrogen) atoms. The number of hydrogen-bond acceptors (Lipinski definition) is 5. The van der Waals surface area contributed by atoms with Crippen molar-refractivity contribution in [3.05, 3.63) is 34.9 Å². The minimum atomic E-state index is -0.202. The summed E-state index contributed by atoms with van der Waals surface area (Å²) in [6.45, 7) is 4.40. The Hall–Kier alpha value is -3.42. The van der Waals surface area contributed by atoms with Gasteiger partial charge in [0.2, 0.25) is 0 Å². The Labute approximate surface area is 282 Å². The number of guanidine groups is 1. The Morgan fingerprint density at radius 2 is 1.89 bits per heavy atom. The molecule has 0 unspecified atom stereocenters. The maximum absolute atomic E-state index is 13.0. The second-order valence-corrected chi connectivity index (χ2v) is 14.3. The van der Waals surface area contributed by atoms with Crippen LogP contribution in [0.3, 0.4) is 0 Å². The Kier molecular flexibility index (Phi) is 12.3. The van der Waals surface area contributed by atoms with E-state index in [1.807, 2.05) is 19.3 Å². The van der Waals surface area contributed by atoms with Gasteiger partial charge in [0.05, 0.1) is 24.2 Å². The van der Waals surface area contributed by atoms with Crippen molar-refractivity contribution in [2.75, 3.05) is 7.11 Å². The highest BCUT2D eigenvalue weighted by Crippen LogP contribution is 2.54. The number of unbranched alkanes of at least 4 members (excludes halogenated alkanes) is 1. The molecule has 0 saturated heterocycles. The average Bonchev–Trinajstić information content (AvgIpc) is 3.56. The monoisotopic (exact) mass is 641 g/mol. The van der Waals surface area contributed by atoms with Crippen LogP contribution in [0.25, 0.3) is 0 Å². The summed E-state index contributed by atoms with van der Waals surface area (Å²) in [5.74, 6) is 15.6. The molecule has 0 amide bonds. The molecular weight excluding hydrogens is 586 g/mol. The summed E-state index contributed by atoms with van der Waals surface area (Å²) in [5.41, 5.74) is 14.7. The molecule has 1 aromatic rings. The first-order valence-corrected chi connectivity index (χ1v) is 18.1. The zero-order chi connectivity index (χ0) is 33.3. The van der Waals surface area contributed by atoms with Gasteiger partial charge in [-0.25, -0.2) is 4.99 Å². The number of nitrogens with zero attached hydrogens (tertiary/aromatic N) is 1. The van der Waals surface area contributed by atoms with Crippen LogP contribution in [0.1, 0.15) is 126 Å². The largest absolute Gasteiger partial charge is 0.504 e. The molecule has 254 valence electrons. The third-order valence-electron chi connectivity index (χ3n) is 10.8. The second-order valence-electron chi connectivity index (χ2n) is 14.3. The summed E-state index contributed by atoms with van der Waals surface area (Å²) in [6, 6.07) is 1.77. The van der Waals surface area contributed by atoms with E-state index >= 15 is 0 Å². The van der Waals surface area contributed by atoms with Crippen LogP contribution in [0.15, 0.2) is 23.2 Å². The first-order chi connectivity index (χ1) is 22.8. The van der Waals surface area contributed by atoms with Crippen LogP contribution in [0.5, 0.6) is 11.5 Å². The van der Waals surface area contributed by atoms with E-state index in [-0.39, 0.29) is 53.5 Å². The smallest absolute Gasteiger partial charge is 0.186 e. The number of carbonyl (C=O) groups is 1. The van der Waals surface area contributed by atoms with Crippen molar-refractivity contribution in [3.8, 4) is 35.2 Å². The quantitative estimate of drug-likeness (QED) is 0.110. The summed E-state index contributed by atoms with van der Waals surface area (Å²) in [7, 11) is 1.81. The first-order valence-electron chi connectivity index (χ1n) is 18.1. The van der Waals surface area contributed by atoms with Crippen molar-refractivity contribution >= 4 is 11.7 Å². The number of ketones is 1. The number of aliphatic imine (C=N–C) groups is 1. The van der Waals surface area contributed by atoms with E-state index in [1.54, 1.807) is 6.08 Å². The number of fused-ring (bicyclic) bond motifs is 6. The number of methoxy groups -OCH3 is 1. The van der Waals surface area contributed by atoms with Crippen molar-refractivity contribution in [1.82, 2.24) is 0 Å². The minimum Gasteiger partial charge on any atom is -0.504 e. The number of phenols is 1. The Morgan fingerprint density at radius 1 is 1.11 bits per heavy atom. The number of allylic oxidation sites excluding steroid dienone is 2. The third kappa shape index (κ3) is 8.74. The molecule has 2 saturated carbocycles. The highest BCUT2D eigenvalue weighted by molar-refractivity contribution is 5.89. The number of rotatable bonds is 10. The molecule has 2 fully saturated rings. The minimum absolute atomic E-state index is 0.00315. The molecule has 7 atom stereocenters. The zero-order valence-corrected chi connectivity index (χ0v) is 28.7. The molecule has 0 aliphatic heterocycles. The van der Waals surface area contributed by atoms with Crippen LogP contribution < -0.4 is 16.2 Å². The molecule has 7 nitrogen and oxygen atoms in total. The van der Waals surface area contributed by atoms with Gasteiger partial charge in [0.25, 0.3) is 0 Å². The number of carbonyl (C=O) groups excluding carboxylic acids is 1. The van der Waals surface area contributed by atoms with Gasteiger partial charge in [-0.2, -0.15) is 0 Å². The number of hydrogen-bond donors (Lipinski definition) is 3. The molecule has 6 rings (SSSR count). The topological polar surface area (TPSA) is 120 Å². The lowest BCUT2D eigenvalue weighted by Gasteiger charge is -2.45. The van der Waals surface area contributed by atoms with Crippen molar-refractivity contribution in [2.24, 2.45) is 40.1 Å². The van der Waals surface area contributed by atoms with E-state index in [0.29, 0.717) is 36.8 Å². The lowest BCUT2D eigenvalue weighted by atomic mass is 9.62. The molecule has 5 aliphatic carbocycles. The van der Waals surface area contributed by atoms with Gasteiger partial charge in [-0.1, -0.05) is 38.2 Å². The van der Waals surface area contributed by atoms with E-state index in [9.17, 15) is 9.90 Å². The van der Waals surface area contributed by atoms with Gasteiger partial charge < -0.3 is 26.0 Å². The van der Waals surface area contributed by atoms with Crippen LogP contribution in [0, 0.1) is 47.4 Å². The summed E-state index contributed by atoms with van der Waals surface area (Å²) in [5, 5.41) is 12.3. The van der Waals surface area contributed by atoms with Gasteiger partial charge in [-0.3, -0.25) is 4.79 Å². The van der Waals surface area contributed by atoms with Crippen molar-refractivity contribution < 1.29 is 19.4 Å². The fourth-order valence-corrected chi connectivity index (χ4v) is 8.50. The van der Waals surface area contributed by atoms with Gasteiger partial charge in [0.15, 0.2) is 23.2 Å². The molecule has 4 bridgehead atoms. The fourth-order valence-electron chi connectivity index (χ4n) is 8.50. The second kappa shape index (κ2) is 16.6. The zero-order valence-electron chi connectivity index (χ0n) is 28.7. The number of phenolic OH excluding ortho intramolecular Hbond substituents is 1. The van der Waals surface area contributed by atoms with Crippen molar-refractivity contribution in [3.63, 3.8) is 0 Å². The highest BCUT2D eigenvalue weighted by atomic mass is 16.5. The molecule has 0 heterocycles. The van der Waals surface area contributed by atoms with Gasteiger partial charge in [0.1, 0.15) is 0 Å². The average molecular weight is 642 g/mol. The lowest BCUT2D eigenvalue weighted by Crippen LogP contribution is -2.40. The standard InChI is InChI=1S/C40H55N3O4/c1-4-5-6-13-30(44)19-16-28-25-36(47-31-14-9-10-15-31)39(45)38-32(28)20-17-27-12-8-7-11-26(2)24-29-18-23-35(46-3)33(37(29)38)21-22-34(27)43-40(41)42/h6,13,25-27,29,31,33-35,37,45H,4-5,9-12,14-16,18-19,21-24H2,1-3H3,(H4,41,42,43)/b13-6+/t26-,27+,29-,33-,34-,35+,37-/m1/s1. The van der Waals surface area contributed by atoms with Crippen LogP contribution in [0.4, 0.5) is 0 Å². The van der Waals surface area contributed by atoms with Crippen LogP contribution in [0.2, 0.25) is 0 Å². The van der Waals surface area contributed by atoms with E-state index in [0.717, 1.165) is 93.7 Å². The van der Waals surface area contributed by atoms with Gasteiger partial charge >= 0.3 is 0 Å². The molecule has 7 heteroatoms. The van der Waals surface area contributed by atoms with E-state index in [2.05, 4.69) is 37.5 Å². The highest BCUT2D eigenvalue weighted by Gasteiger charge is 2.44. The molecule has 0 aromatic heterocycles. The number of aromatic hydroxyl groups is 1. The summed E-state index contributed by atoms with van der Waals surface area (Å²) in [4.78, 5) is 17.7. The van der Waals surface area contributed by atoms with Crippen LogP contribution >= 0.6 is 0 Å². The normalized spacial score (nSPS) is 29.0. The van der Waals surface area contributed by atoms with E-state index in [1.165, 1.54) is 0 Å². The van der Waals surface area contributed by atoms with Gasteiger partial charge in [-0.15, -0.1) is 11.8 Å². The SMILES string of the molecule is CCC/C=C/C(=O)CCc1cc(OC2CCCC2)c(O)c2c1C#C[C@@H]1CC#CC[C@@H](C)C[C@H]3CC[C@H](OC)[C@@H](CC[C@H]1N=C(N)N)[C@H]23. The molecule has 5 N–H and O–H groups in total. The number of aryl methyl sites for hydroxylation is 1. The Balaban J connectivity index is 1.74. The van der Waals surface area contributed by atoms with Crippen molar-refractivity contribution in [1.29, 1.82) is 0 Å². The van der Waals surface area contributed by atoms with Crippen molar-refractivity contribution in [2.45, 2.75) is 134 Å². The lowest BCUT2D eigenvalue weighted by molar-refractivity contribution is -0.114. The van der Waals surface area contributed by atoms with Crippen LogP contribution in [-0.2, 0) is 16.0 Å². The molecule has 0 radical (unpaired) electrons. The molecule has 1 aromatic carbocycles. The van der Waals surface area contributed by atoms with E-state index < -0.39 is 0 Å². The summed E-state index contributed by atoms with van der Waals surface area (Å²) < 4.78 is 12.8. The van der Waals surface area contributed by atoms with E-state index in [4.69, 9.17) is 25.9 Å². The molecule has 5 aliphatic rings. The maximum Gasteiger partial charge on any atom is 0.186 e. The number of nitrogens with two attached hydrogens (primary N) is 2. The third-order valence-corrected chi connectivity index (χ3v) is 10.8. The maximum atomic E-state index is 13.0. The summed E-state index contributed by atoms with van der Waals surface area (Å²) >= 11 is 0. The first kappa shape index (κ1) is 34.9. The fraction of sp³-hybridized carbons (Fsp3) is 0.650. The van der Waals surface area contributed by atoms with Gasteiger partial charge in [0, 0.05) is 37.5 Å². The molecule has 0 spiro atoms. The Bertz CT molecular complexity index is 1430. The summed E-state index contributed by atoms with van der Waals surface area (Å²) in [6.07, 6.45) is 16.7. The number of benzene rings is 1. The Morgan fingerprint density at radius 3 is 2.64 bits per heavy atom. The number of ether oxygens (including phenoxy) is 2.